The second-order valence-corrected chi connectivity index (χ2v) is 9.07. The Bertz CT molecular complexity index is 780. The number of carbonyl (C=O) groups excluding carboxylic acids is 2. The van der Waals surface area contributed by atoms with Crippen molar-refractivity contribution in [3.63, 3.8) is 0 Å². The van der Waals surface area contributed by atoms with Crippen LogP contribution in [0.3, 0.4) is 0 Å². The van der Waals surface area contributed by atoms with Gasteiger partial charge in [-0.05, 0) is 56.8 Å². The smallest absolute Gasteiger partial charge is 0.257 e. The molecule has 2 aliphatic rings. The third kappa shape index (κ3) is 5.98. The first-order valence-electron chi connectivity index (χ1n) is 11.4. The minimum Gasteiger partial charge on any atom is -0.491 e. The highest BCUT2D eigenvalue weighted by Crippen LogP contribution is 2.31. The Hall–Kier alpha value is -2.12. The Balaban J connectivity index is 1.90. The van der Waals surface area contributed by atoms with E-state index in [-0.39, 0.29) is 35.8 Å². The molecule has 0 unspecified atom stereocenters. The molecule has 1 N–H and O–H groups in total. The average molecular weight is 432 g/mol. The molecule has 0 spiro atoms. The number of amides is 2. The number of benzene rings is 1. The fraction of sp³-hybridized carbons (Fsp3) is 0.667. The van der Waals surface area contributed by atoms with E-state index in [0.29, 0.717) is 30.2 Å². The van der Waals surface area contributed by atoms with Gasteiger partial charge in [0.05, 0.1) is 11.7 Å². The van der Waals surface area contributed by atoms with Crippen LogP contribution in [0.25, 0.3) is 0 Å². The lowest BCUT2D eigenvalue weighted by Crippen LogP contribution is -2.46. The van der Waals surface area contributed by atoms with Crippen LogP contribution in [0, 0.1) is 11.8 Å². The molecule has 0 radical (unpaired) electrons. The topological polar surface area (TPSA) is 71.1 Å². The molecule has 1 aromatic carbocycles. The van der Waals surface area contributed by atoms with E-state index in [1.54, 1.807) is 31.2 Å². The van der Waals surface area contributed by atoms with E-state index in [1.165, 1.54) is 0 Å². The second kappa shape index (κ2) is 10.5. The molecule has 1 saturated carbocycles. The molecule has 31 heavy (non-hydrogen) atoms. The Morgan fingerprint density at radius 1 is 1.26 bits per heavy atom. The van der Waals surface area contributed by atoms with Gasteiger partial charge in [-0.25, -0.2) is 0 Å². The van der Waals surface area contributed by atoms with E-state index >= 15 is 0 Å². The van der Waals surface area contributed by atoms with Crippen molar-refractivity contribution in [2.24, 2.45) is 11.8 Å². The maximum atomic E-state index is 13.3. The normalized spacial score (nSPS) is 25.8. The number of rotatable bonds is 5. The van der Waals surface area contributed by atoms with Gasteiger partial charge in [0, 0.05) is 44.9 Å². The van der Waals surface area contributed by atoms with Crippen molar-refractivity contribution in [1.82, 2.24) is 9.80 Å². The minimum atomic E-state index is -0.134. The SMILES string of the molecule is CCCN1C[C@@H](C)[C@@H](OC)CN(C)C(=O)c2cc(NC(=O)C3CC3)ccc2OC[C@@H]1C. The molecule has 7 nitrogen and oxygen atoms in total. The van der Waals surface area contributed by atoms with Gasteiger partial charge in [-0.1, -0.05) is 13.8 Å². The fourth-order valence-corrected chi connectivity index (χ4v) is 4.12. The summed E-state index contributed by atoms with van der Waals surface area (Å²) in [6.45, 7) is 9.37. The minimum absolute atomic E-state index is 0.0203. The first-order valence-corrected chi connectivity index (χ1v) is 11.4. The number of anilines is 1. The molecule has 1 aliphatic heterocycles. The van der Waals surface area contributed by atoms with E-state index in [4.69, 9.17) is 9.47 Å². The lowest BCUT2D eigenvalue weighted by Gasteiger charge is -2.35. The van der Waals surface area contributed by atoms with E-state index in [1.807, 2.05) is 6.07 Å². The summed E-state index contributed by atoms with van der Waals surface area (Å²) in [6, 6.07) is 5.55. The highest BCUT2D eigenvalue weighted by molar-refractivity contribution is 6.00. The molecule has 3 rings (SSSR count). The zero-order valence-corrected chi connectivity index (χ0v) is 19.5. The molecular weight excluding hydrogens is 394 g/mol. The number of hydrogen-bond donors (Lipinski definition) is 1. The lowest BCUT2D eigenvalue weighted by molar-refractivity contribution is -0.117. The maximum Gasteiger partial charge on any atom is 0.257 e. The average Bonchev–Trinajstić information content (AvgIpc) is 3.60. The molecule has 0 bridgehead atoms. The summed E-state index contributed by atoms with van der Waals surface area (Å²) in [6.07, 6.45) is 2.87. The summed E-state index contributed by atoms with van der Waals surface area (Å²) in [5.41, 5.74) is 1.10. The van der Waals surface area contributed by atoms with Crippen LogP contribution in [0.15, 0.2) is 18.2 Å². The standard InChI is InChI=1S/C24H37N3O4/c1-6-11-27-13-16(2)22(30-5)14-26(4)24(29)20-12-19(25-23(28)18-7-8-18)9-10-21(20)31-15-17(27)3/h9-10,12,16-18,22H,6-8,11,13-15H2,1-5H3,(H,25,28)/t16-,17+,22+/m1/s1. The van der Waals surface area contributed by atoms with Crippen molar-refractivity contribution in [3.05, 3.63) is 23.8 Å². The highest BCUT2D eigenvalue weighted by Gasteiger charge is 2.31. The first kappa shape index (κ1) is 23.5. The zero-order chi connectivity index (χ0) is 22.5. The molecule has 0 saturated heterocycles. The molecule has 7 heteroatoms. The van der Waals surface area contributed by atoms with Crippen LogP contribution >= 0.6 is 0 Å². The van der Waals surface area contributed by atoms with E-state index < -0.39 is 0 Å². The number of nitrogens with one attached hydrogen (secondary N) is 1. The number of nitrogens with zero attached hydrogens (tertiary/aromatic N) is 2. The van der Waals surface area contributed by atoms with Crippen molar-refractivity contribution in [1.29, 1.82) is 0 Å². The molecule has 1 aliphatic carbocycles. The predicted molar refractivity (Wildman–Crippen MR) is 122 cm³/mol. The van der Waals surface area contributed by atoms with Gasteiger partial charge in [-0.3, -0.25) is 14.5 Å². The molecule has 1 aromatic rings. The summed E-state index contributed by atoms with van der Waals surface area (Å²) in [7, 11) is 3.50. The van der Waals surface area contributed by atoms with Gasteiger partial charge in [-0.2, -0.15) is 0 Å². The van der Waals surface area contributed by atoms with Crippen LogP contribution in [0.4, 0.5) is 5.69 Å². The Morgan fingerprint density at radius 3 is 2.65 bits per heavy atom. The Labute approximate surface area is 186 Å². The van der Waals surface area contributed by atoms with Crippen LogP contribution in [0.2, 0.25) is 0 Å². The summed E-state index contributed by atoms with van der Waals surface area (Å²) >= 11 is 0. The summed E-state index contributed by atoms with van der Waals surface area (Å²) < 4.78 is 11.9. The summed E-state index contributed by atoms with van der Waals surface area (Å²) in [5, 5.41) is 2.94. The van der Waals surface area contributed by atoms with Gasteiger partial charge in [0.15, 0.2) is 0 Å². The third-order valence-corrected chi connectivity index (χ3v) is 6.30. The monoisotopic (exact) mass is 431 g/mol. The number of methoxy groups -OCH3 is 1. The van der Waals surface area contributed by atoms with Crippen molar-refractivity contribution in [2.75, 3.05) is 45.7 Å². The molecule has 172 valence electrons. The van der Waals surface area contributed by atoms with E-state index in [0.717, 1.165) is 32.4 Å². The van der Waals surface area contributed by atoms with Gasteiger partial charge >= 0.3 is 0 Å². The van der Waals surface area contributed by atoms with E-state index in [9.17, 15) is 9.59 Å². The quantitative estimate of drug-likeness (QED) is 0.775. The number of ether oxygens (including phenoxy) is 2. The van der Waals surface area contributed by atoms with E-state index in [2.05, 4.69) is 31.0 Å². The largest absolute Gasteiger partial charge is 0.491 e. The van der Waals surface area contributed by atoms with Crippen LogP contribution in [-0.2, 0) is 9.53 Å². The lowest BCUT2D eigenvalue weighted by atomic mass is 10.0. The van der Waals surface area contributed by atoms with Crippen molar-refractivity contribution in [3.8, 4) is 5.75 Å². The highest BCUT2D eigenvalue weighted by atomic mass is 16.5. The molecular formula is C24H37N3O4. The van der Waals surface area contributed by atoms with Crippen molar-refractivity contribution < 1.29 is 19.1 Å². The van der Waals surface area contributed by atoms with Crippen LogP contribution in [0.5, 0.6) is 5.75 Å². The number of hydrogen-bond acceptors (Lipinski definition) is 5. The van der Waals surface area contributed by atoms with Gasteiger partial charge in [0.2, 0.25) is 5.91 Å². The van der Waals surface area contributed by atoms with Gasteiger partial charge in [-0.15, -0.1) is 0 Å². The van der Waals surface area contributed by atoms with Crippen molar-refractivity contribution in [2.45, 2.75) is 52.2 Å². The molecule has 3 atom stereocenters. The van der Waals surface area contributed by atoms with Crippen LogP contribution < -0.4 is 10.1 Å². The Kier molecular flexibility index (Phi) is 7.94. The fourth-order valence-electron chi connectivity index (χ4n) is 4.12. The van der Waals surface area contributed by atoms with Crippen molar-refractivity contribution >= 4 is 17.5 Å². The summed E-state index contributed by atoms with van der Waals surface area (Å²) in [4.78, 5) is 29.6. The Morgan fingerprint density at radius 2 is 2.00 bits per heavy atom. The summed E-state index contributed by atoms with van der Waals surface area (Å²) in [5.74, 6) is 0.798. The van der Waals surface area contributed by atoms with Gasteiger partial charge in [0.25, 0.3) is 5.91 Å². The second-order valence-electron chi connectivity index (χ2n) is 9.07. The number of carbonyl (C=O) groups is 2. The third-order valence-electron chi connectivity index (χ3n) is 6.30. The predicted octanol–water partition coefficient (Wildman–Crippen LogP) is 3.25. The van der Waals surface area contributed by atoms with Crippen LogP contribution in [0.1, 0.15) is 50.4 Å². The molecule has 1 heterocycles. The number of fused-ring (bicyclic) bond motifs is 1. The van der Waals surface area contributed by atoms with Gasteiger partial charge in [0.1, 0.15) is 12.4 Å². The maximum absolute atomic E-state index is 13.3. The molecule has 1 fully saturated rings. The zero-order valence-electron chi connectivity index (χ0n) is 19.5. The van der Waals surface area contributed by atoms with Crippen LogP contribution in [-0.4, -0.2) is 74.2 Å². The van der Waals surface area contributed by atoms with Gasteiger partial charge < -0.3 is 19.7 Å². The first-order chi connectivity index (χ1) is 14.8. The molecule has 2 amide bonds. The number of likely N-dealkylation sites (N-methyl/N-ethyl adjacent to an activating group) is 1. The molecule has 0 aromatic heterocycles.